The monoisotopic (exact) mass is 459 g/mol. The fourth-order valence-electron chi connectivity index (χ4n) is 2.03. The van der Waals surface area contributed by atoms with Crippen molar-refractivity contribution in [3.05, 3.63) is 30.3 Å². The summed E-state index contributed by atoms with van der Waals surface area (Å²) in [5.74, 6) is -0.700. The fraction of sp³-hybridized carbons (Fsp3) is 0.550. The van der Waals surface area contributed by atoms with Crippen molar-refractivity contribution >= 4 is 37.6 Å². The SMILES string of the molecule is COC(=O)[C@H](C[Se]c1ccccc1)N(C(=O)OC(C)(C)C)C(=O)OC(C)(C)C. The Labute approximate surface area is 172 Å². The zero-order chi connectivity index (χ0) is 21.5. The van der Waals surface area contributed by atoms with Crippen LogP contribution < -0.4 is 4.46 Å². The first kappa shape index (κ1) is 24.0. The predicted molar refractivity (Wildman–Crippen MR) is 107 cm³/mol. The second-order valence-electron chi connectivity index (χ2n) is 7.99. The van der Waals surface area contributed by atoms with E-state index in [1.165, 1.54) is 7.11 Å². The molecule has 1 aromatic carbocycles. The molecule has 1 rings (SSSR count). The van der Waals surface area contributed by atoms with Gasteiger partial charge in [-0.25, -0.2) is 0 Å². The molecule has 0 bridgehead atoms. The number of esters is 1. The molecule has 0 unspecified atom stereocenters. The summed E-state index contributed by atoms with van der Waals surface area (Å²) in [5, 5.41) is 0.238. The average molecular weight is 458 g/mol. The van der Waals surface area contributed by atoms with Gasteiger partial charge in [0.15, 0.2) is 0 Å². The molecule has 0 aliphatic carbocycles. The molecule has 0 radical (unpaired) electrons. The van der Waals surface area contributed by atoms with E-state index in [1.54, 1.807) is 41.5 Å². The number of carbonyl (C=O) groups excluding carboxylic acids is 3. The number of ether oxygens (including phenoxy) is 3. The topological polar surface area (TPSA) is 82.1 Å². The first-order valence-electron chi connectivity index (χ1n) is 8.85. The Morgan fingerprint density at radius 2 is 1.39 bits per heavy atom. The first-order chi connectivity index (χ1) is 12.8. The number of amides is 2. The predicted octanol–water partition coefficient (Wildman–Crippen LogP) is 3.15. The maximum atomic E-state index is 12.8. The average Bonchev–Trinajstić information content (AvgIpc) is 2.55. The van der Waals surface area contributed by atoms with Crippen LogP contribution in [0.5, 0.6) is 0 Å². The molecule has 1 aromatic rings. The van der Waals surface area contributed by atoms with E-state index < -0.39 is 35.4 Å². The van der Waals surface area contributed by atoms with Gasteiger partial charge in [0.25, 0.3) is 0 Å². The van der Waals surface area contributed by atoms with Gasteiger partial charge in [0.05, 0.1) is 0 Å². The molecule has 0 aliphatic rings. The number of benzene rings is 1. The summed E-state index contributed by atoms with van der Waals surface area (Å²) >= 11 is -0.178. The molecular weight excluding hydrogens is 429 g/mol. The first-order valence-corrected chi connectivity index (χ1v) is 10.9. The van der Waals surface area contributed by atoms with E-state index in [1.807, 2.05) is 30.3 Å². The van der Waals surface area contributed by atoms with Crippen LogP contribution in [0.25, 0.3) is 0 Å². The van der Waals surface area contributed by atoms with Gasteiger partial charge in [-0.2, -0.15) is 0 Å². The van der Waals surface area contributed by atoms with Gasteiger partial charge in [-0.15, -0.1) is 0 Å². The van der Waals surface area contributed by atoms with Crippen molar-refractivity contribution in [2.45, 2.75) is 64.1 Å². The van der Waals surface area contributed by atoms with Crippen LogP contribution in [-0.2, 0) is 19.0 Å². The van der Waals surface area contributed by atoms with Crippen LogP contribution >= 0.6 is 0 Å². The number of nitrogens with zero attached hydrogens (tertiary/aromatic N) is 1. The van der Waals surface area contributed by atoms with Gasteiger partial charge in [0.2, 0.25) is 0 Å². The molecule has 156 valence electrons. The van der Waals surface area contributed by atoms with E-state index in [0.717, 1.165) is 9.36 Å². The van der Waals surface area contributed by atoms with E-state index in [0.29, 0.717) is 0 Å². The Bertz CT molecular complexity index is 650. The second kappa shape index (κ2) is 9.94. The molecule has 0 saturated carbocycles. The van der Waals surface area contributed by atoms with Gasteiger partial charge >= 0.3 is 173 Å². The molecule has 0 spiro atoms. The van der Waals surface area contributed by atoms with E-state index in [4.69, 9.17) is 14.2 Å². The van der Waals surface area contributed by atoms with Crippen molar-refractivity contribution in [3.8, 4) is 0 Å². The Kier molecular flexibility index (Phi) is 8.51. The minimum absolute atomic E-state index is 0.178. The summed E-state index contributed by atoms with van der Waals surface area (Å²) in [4.78, 5) is 38.7. The molecule has 0 N–H and O–H groups in total. The Morgan fingerprint density at radius 1 is 0.929 bits per heavy atom. The molecule has 0 heterocycles. The van der Waals surface area contributed by atoms with Gasteiger partial charge in [-0.1, -0.05) is 0 Å². The quantitative estimate of drug-likeness (QED) is 0.383. The van der Waals surface area contributed by atoms with Crippen molar-refractivity contribution in [2.75, 3.05) is 7.11 Å². The second-order valence-corrected chi connectivity index (χ2v) is 10.3. The summed E-state index contributed by atoms with van der Waals surface area (Å²) < 4.78 is 16.6. The van der Waals surface area contributed by atoms with Gasteiger partial charge < -0.3 is 0 Å². The summed E-state index contributed by atoms with van der Waals surface area (Å²) in [6.45, 7) is 10.1. The van der Waals surface area contributed by atoms with Crippen LogP contribution in [0.1, 0.15) is 41.5 Å². The maximum absolute atomic E-state index is 12.8. The third-order valence-electron chi connectivity index (χ3n) is 3.12. The molecule has 0 saturated heterocycles. The zero-order valence-corrected chi connectivity index (χ0v) is 19.2. The zero-order valence-electron chi connectivity index (χ0n) is 17.5. The van der Waals surface area contributed by atoms with Crippen molar-refractivity contribution in [1.29, 1.82) is 0 Å². The van der Waals surface area contributed by atoms with Gasteiger partial charge in [0, 0.05) is 0 Å². The number of methoxy groups -OCH3 is 1. The van der Waals surface area contributed by atoms with Crippen LogP contribution in [0.15, 0.2) is 30.3 Å². The standard InChI is InChI=1S/C20H29NO6Se/c1-19(2,3)26-17(23)21(18(24)27-20(4,5)6)15(16(22)25-7)13-28-14-11-9-8-10-12-14/h8-12,15H,13H2,1-7H3/t15-/m0/s1. The molecule has 0 aromatic heterocycles. The molecule has 2 amide bonds. The third-order valence-corrected chi connectivity index (χ3v) is 5.40. The van der Waals surface area contributed by atoms with E-state index in [9.17, 15) is 14.4 Å². The Morgan fingerprint density at radius 3 is 1.79 bits per heavy atom. The number of carbonyl (C=O) groups is 3. The summed E-state index contributed by atoms with van der Waals surface area (Å²) in [6.07, 6.45) is -1.89. The number of hydrogen-bond donors (Lipinski definition) is 0. The van der Waals surface area contributed by atoms with Crippen molar-refractivity contribution in [1.82, 2.24) is 4.90 Å². The third kappa shape index (κ3) is 8.31. The van der Waals surface area contributed by atoms with E-state index >= 15 is 0 Å². The van der Waals surface area contributed by atoms with Gasteiger partial charge in [-0.05, 0) is 0 Å². The van der Waals surface area contributed by atoms with Crippen molar-refractivity contribution in [2.24, 2.45) is 0 Å². The fourth-order valence-corrected chi connectivity index (χ4v) is 4.09. The van der Waals surface area contributed by atoms with Crippen LogP contribution in [0.3, 0.4) is 0 Å². The summed E-state index contributed by atoms with van der Waals surface area (Å²) in [5.41, 5.74) is -1.69. The molecule has 28 heavy (non-hydrogen) atoms. The number of rotatable bonds is 5. The minimum atomic E-state index is -1.14. The molecule has 7 nitrogen and oxygen atoms in total. The molecule has 0 aliphatic heterocycles. The summed E-state index contributed by atoms with van der Waals surface area (Å²) in [7, 11) is 1.22. The van der Waals surface area contributed by atoms with E-state index in [-0.39, 0.29) is 20.3 Å². The van der Waals surface area contributed by atoms with Crippen LogP contribution in [0.2, 0.25) is 5.32 Å². The van der Waals surface area contributed by atoms with Crippen molar-refractivity contribution in [3.63, 3.8) is 0 Å². The molecule has 0 fully saturated rings. The molecule has 1 atom stereocenters. The summed E-state index contributed by atoms with van der Waals surface area (Å²) in [6, 6.07) is 8.40. The normalized spacial score (nSPS) is 12.7. The molecular formula is C20H29NO6Se. The number of imide groups is 1. The van der Waals surface area contributed by atoms with Gasteiger partial charge in [0.1, 0.15) is 0 Å². The van der Waals surface area contributed by atoms with Gasteiger partial charge in [-0.3, -0.25) is 0 Å². The van der Waals surface area contributed by atoms with Crippen LogP contribution in [0, 0.1) is 0 Å². The Balaban J connectivity index is 3.18. The van der Waals surface area contributed by atoms with Crippen molar-refractivity contribution < 1.29 is 28.6 Å². The number of hydrogen-bond acceptors (Lipinski definition) is 6. The van der Waals surface area contributed by atoms with E-state index in [2.05, 4.69) is 0 Å². The Hall–Kier alpha value is -2.05. The molecule has 8 heteroatoms. The van der Waals surface area contributed by atoms with Crippen LogP contribution in [0.4, 0.5) is 9.59 Å². The van der Waals surface area contributed by atoms with Crippen LogP contribution in [-0.4, -0.2) is 62.4 Å².